The van der Waals surface area contributed by atoms with Crippen LogP contribution in [0.5, 0.6) is 0 Å². The molecule has 23 heavy (non-hydrogen) atoms. The monoisotopic (exact) mass is 369 g/mol. The third-order valence-corrected chi connectivity index (χ3v) is 9.60. The molecule has 0 saturated carbocycles. The number of nitrogens with zero attached hydrogens (tertiary/aromatic N) is 1. The van der Waals surface area contributed by atoms with E-state index in [9.17, 15) is 0 Å². The van der Waals surface area contributed by atoms with Crippen LogP contribution in [-0.4, -0.2) is 17.0 Å². The second-order valence-corrected chi connectivity index (χ2v) is 11.4. The van der Waals surface area contributed by atoms with Gasteiger partial charge in [-0.2, -0.15) is 0 Å². The summed E-state index contributed by atoms with van der Waals surface area (Å²) in [6.45, 7) is 18.1. The van der Waals surface area contributed by atoms with Crippen molar-refractivity contribution in [2.75, 3.05) is 0 Å². The Morgan fingerprint density at radius 2 is 1.35 bits per heavy atom. The average Bonchev–Trinajstić information content (AvgIpc) is 2.94. The van der Waals surface area contributed by atoms with Gasteiger partial charge in [0.25, 0.3) is 0 Å². The van der Waals surface area contributed by atoms with Crippen molar-refractivity contribution in [2.45, 2.75) is 78.8 Å². The molecule has 0 radical (unpaired) electrons. The van der Waals surface area contributed by atoms with Crippen LogP contribution in [0.1, 0.15) is 61.8 Å². The van der Waals surface area contributed by atoms with Crippen LogP contribution < -0.4 is 0 Å². The van der Waals surface area contributed by atoms with Gasteiger partial charge in [0.15, 0.2) is 0 Å². The minimum Gasteiger partial charge on any atom is -0.271 e. The van der Waals surface area contributed by atoms with Gasteiger partial charge < -0.3 is 0 Å². The van der Waals surface area contributed by atoms with E-state index in [-0.39, 0.29) is 21.7 Å². The summed E-state index contributed by atoms with van der Waals surface area (Å²) in [5.74, 6) is 0. The van der Waals surface area contributed by atoms with Crippen LogP contribution in [0.25, 0.3) is 0 Å². The average molecular weight is 369 g/mol. The third kappa shape index (κ3) is 8.02. The number of hydrogen-bond acceptors (Lipinski definition) is 1. The Kier molecular flexibility index (Phi) is 14.5. The summed E-state index contributed by atoms with van der Waals surface area (Å²) in [6.07, 6.45) is 15.6. The Morgan fingerprint density at radius 3 is 1.61 bits per heavy atom. The van der Waals surface area contributed by atoms with Crippen LogP contribution in [0.3, 0.4) is 0 Å². The van der Waals surface area contributed by atoms with Crippen molar-refractivity contribution in [3.63, 3.8) is 0 Å². The van der Waals surface area contributed by atoms with Gasteiger partial charge in [-0.1, -0.05) is 78.0 Å². The quantitative estimate of drug-likeness (QED) is 0.272. The first kappa shape index (κ1) is 25.1. The molecule has 1 rings (SSSR count). The third-order valence-electron chi connectivity index (χ3n) is 4.03. The summed E-state index contributed by atoms with van der Waals surface area (Å²) in [5.41, 5.74) is 3.36. The van der Waals surface area contributed by atoms with Gasteiger partial charge in [-0.05, 0) is 44.0 Å². The SMILES string of the molecule is CC(C)P(=NC1=CC=CC1)(C(C)C)C(C)C.CC=CC=CC.[Ti]. The summed E-state index contributed by atoms with van der Waals surface area (Å²) in [6, 6.07) is 0. The first-order valence-corrected chi connectivity index (χ1v) is 10.5. The van der Waals surface area contributed by atoms with Crippen molar-refractivity contribution >= 4 is 7.05 Å². The van der Waals surface area contributed by atoms with E-state index in [1.165, 1.54) is 5.70 Å². The van der Waals surface area contributed by atoms with E-state index in [2.05, 4.69) is 59.8 Å². The Bertz CT molecular complexity index is 441. The summed E-state index contributed by atoms with van der Waals surface area (Å²) < 4.78 is 5.22. The molecule has 130 valence electrons. The fourth-order valence-corrected chi connectivity index (χ4v) is 7.95. The van der Waals surface area contributed by atoms with Crippen LogP contribution in [0.4, 0.5) is 0 Å². The zero-order valence-corrected chi connectivity index (χ0v) is 18.8. The molecule has 0 saturated heterocycles. The molecule has 0 fully saturated rings. The molecule has 0 bridgehead atoms. The maximum atomic E-state index is 5.22. The molecule has 0 atom stereocenters. The molecule has 0 spiro atoms. The molecule has 1 aliphatic rings. The standard InChI is InChI=1S/C14H26NP.C6H10.Ti/c1-11(2)16(12(3)4,13(5)6)15-14-9-7-8-10-14;1-3-5-6-4-2;/h7-9,11-13H,10H2,1-6H3;3-6H,1-2H3;. The summed E-state index contributed by atoms with van der Waals surface area (Å²) >= 11 is 0. The fourth-order valence-electron chi connectivity index (χ4n) is 3.09. The topological polar surface area (TPSA) is 12.4 Å². The second kappa shape index (κ2) is 13.2. The Hall–Kier alpha value is -0.0957. The van der Waals surface area contributed by atoms with Gasteiger partial charge >= 0.3 is 0 Å². The molecule has 1 aliphatic carbocycles. The van der Waals surface area contributed by atoms with E-state index < -0.39 is 7.05 Å². The van der Waals surface area contributed by atoms with Crippen molar-refractivity contribution < 1.29 is 21.7 Å². The predicted octanol–water partition coefficient (Wildman–Crippen LogP) is 7.39. The number of allylic oxidation sites excluding steroid dienone is 7. The second-order valence-electron chi connectivity index (χ2n) is 6.52. The zero-order chi connectivity index (χ0) is 17.2. The van der Waals surface area contributed by atoms with Gasteiger partial charge in [-0.25, -0.2) is 0 Å². The molecule has 1 nitrogen and oxygen atoms in total. The Balaban J connectivity index is 0. The van der Waals surface area contributed by atoms with Crippen LogP contribution >= 0.6 is 7.05 Å². The Morgan fingerprint density at radius 1 is 0.913 bits per heavy atom. The van der Waals surface area contributed by atoms with Gasteiger partial charge in [0.05, 0.1) is 0 Å². The van der Waals surface area contributed by atoms with Gasteiger partial charge in [-0.3, -0.25) is 4.74 Å². The van der Waals surface area contributed by atoms with E-state index in [0.717, 1.165) is 6.42 Å². The molecule has 0 aromatic carbocycles. The normalized spacial score (nSPS) is 14.5. The van der Waals surface area contributed by atoms with E-state index in [4.69, 9.17) is 4.74 Å². The molecule has 0 amide bonds. The minimum atomic E-state index is -1.24. The van der Waals surface area contributed by atoms with Gasteiger partial charge in [0.2, 0.25) is 0 Å². The van der Waals surface area contributed by atoms with E-state index in [1.54, 1.807) is 0 Å². The molecular weight excluding hydrogens is 333 g/mol. The van der Waals surface area contributed by atoms with Crippen molar-refractivity contribution in [1.82, 2.24) is 0 Å². The van der Waals surface area contributed by atoms with Crippen LogP contribution in [0.2, 0.25) is 0 Å². The predicted molar refractivity (Wildman–Crippen MR) is 106 cm³/mol. The molecule has 0 aromatic rings. The molecule has 3 heteroatoms. The molecule has 0 aliphatic heterocycles. The summed E-state index contributed by atoms with van der Waals surface area (Å²) in [7, 11) is -1.24. The van der Waals surface area contributed by atoms with Crippen LogP contribution in [-0.2, 0) is 21.7 Å². The van der Waals surface area contributed by atoms with Crippen molar-refractivity contribution in [1.29, 1.82) is 0 Å². The van der Waals surface area contributed by atoms with E-state index >= 15 is 0 Å². The molecule has 0 N–H and O–H groups in total. The summed E-state index contributed by atoms with van der Waals surface area (Å²) in [4.78, 5) is 0. The van der Waals surface area contributed by atoms with Crippen LogP contribution in [0, 0.1) is 0 Å². The minimum absolute atomic E-state index is 0. The zero-order valence-electron chi connectivity index (χ0n) is 16.4. The van der Waals surface area contributed by atoms with Crippen LogP contribution in [0.15, 0.2) is 53.0 Å². The largest absolute Gasteiger partial charge is 0.271 e. The van der Waals surface area contributed by atoms with Gasteiger partial charge in [0, 0.05) is 33.8 Å². The Labute approximate surface area is 160 Å². The molecule has 0 aromatic heterocycles. The first-order valence-electron chi connectivity index (χ1n) is 8.53. The molecular formula is C20H36NPTi. The smallest absolute Gasteiger partial charge is 0.0425 e. The van der Waals surface area contributed by atoms with Crippen molar-refractivity contribution in [3.8, 4) is 0 Å². The van der Waals surface area contributed by atoms with Gasteiger partial charge in [-0.15, -0.1) is 0 Å². The first-order chi connectivity index (χ1) is 10.3. The number of hydrogen-bond donors (Lipinski definition) is 0. The fraction of sp³-hybridized carbons (Fsp3) is 0.600. The van der Waals surface area contributed by atoms with E-state index in [0.29, 0.717) is 17.0 Å². The molecule has 0 unspecified atom stereocenters. The van der Waals surface area contributed by atoms with Gasteiger partial charge in [0.1, 0.15) is 0 Å². The van der Waals surface area contributed by atoms with Crippen molar-refractivity contribution in [2.24, 2.45) is 4.74 Å². The maximum Gasteiger partial charge on any atom is 0.0425 e. The summed E-state index contributed by atoms with van der Waals surface area (Å²) in [5, 5.41) is 0. The van der Waals surface area contributed by atoms with E-state index in [1.807, 2.05) is 38.2 Å². The van der Waals surface area contributed by atoms with Crippen molar-refractivity contribution in [3.05, 3.63) is 48.2 Å². The number of rotatable bonds is 5. The maximum absolute atomic E-state index is 5.22. The molecule has 0 heterocycles.